The van der Waals surface area contributed by atoms with Crippen molar-refractivity contribution in [3.8, 4) is 11.5 Å². The van der Waals surface area contributed by atoms with Gasteiger partial charge in [0.1, 0.15) is 30.8 Å². The van der Waals surface area contributed by atoms with Crippen LogP contribution < -0.4 is 9.47 Å². The molecule has 0 radical (unpaired) electrons. The molecule has 2 heterocycles. The Morgan fingerprint density at radius 3 is 2.34 bits per heavy atom. The summed E-state index contributed by atoms with van der Waals surface area (Å²) in [6.45, 7) is 13.2. The maximum Gasteiger partial charge on any atom is 0.409 e. The second-order valence-corrected chi connectivity index (χ2v) is 16.8. The van der Waals surface area contributed by atoms with E-state index in [0.717, 1.165) is 93.6 Å². The van der Waals surface area contributed by atoms with Gasteiger partial charge >= 0.3 is 6.09 Å². The molecule has 1 saturated heterocycles. The Morgan fingerprint density at radius 1 is 0.966 bits per heavy atom. The van der Waals surface area contributed by atoms with Crippen LogP contribution in [-0.4, -0.2) is 110 Å². The highest BCUT2D eigenvalue weighted by Gasteiger charge is 2.65. The molecule has 1 aromatic carbocycles. The number of fused-ring (bicyclic) bond motifs is 2. The van der Waals surface area contributed by atoms with Gasteiger partial charge in [-0.1, -0.05) is 94.9 Å². The minimum atomic E-state index is -1.29. The van der Waals surface area contributed by atoms with E-state index in [2.05, 4.69) is 30.5 Å². The number of ether oxygens (including phenoxy) is 4. The van der Waals surface area contributed by atoms with Crippen molar-refractivity contribution in [2.75, 3.05) is 66.3 Å². The lowest BCUT2D eigenvalue weighted by Gasteiger charge is -2.59. The third kappa shape index (κ3) is 12.2. The Morgan fingerprint density at radius 2 is 1.67 bits per heavy atom. The zero-order valence-electron chi connectivity index (χ0n) is 36.1. The summed E-state index contributed by atoms with van der Waals surface area (Å²) in [6.07, 6.45) is 21.1. The Bertz CT molecular complexity index is 1470. The number of unbranched alkanes of at least 4 members (excludes halogenated alkanes) is 11. The van der Waals surface area contributed by atoms with E-state index in [1.165, 1.54) is 44.9 Å². The minimum absolute atomic E-state index is 0.0900. The second kappa shape index (κ2) is 24.2. The lowest BCUT2D eigenvalue weighted by Crippen LogP contribution is -2.69. The van der Waals surface area contributed by atoms with Crippen molar-refractivity contribution in [1.82, 2.24) is 9.80 Å². The summed E-state index contributed by atoms with van der Waals surface area (Å²) in [5.74, 6) is 0.109. The first-order valence-corrected chi connectivity index (χ1v) is 22.9. The number of likely N-dealkylation sites (N-methyl/N-ethyl adjacent to an activating group) is 1. The first kappa shape index (κ1) is 46.0. The van der Waals surface area contributed by atoms with Gasteiger partial charge in [-0.15, -0.1) is 6.58 Å². The van der Waals surface area contributed by atoms with Gasteiger partial charge in [-0.25, -0.2) is 4.79 Å². The minimum Gasteiger partial charge on any atom is -0.492 e. The lowest BCUT2D eigenvalue weighted by atomic mass is 9.55. The van der Waals surface area contributed by atoms with Crippen LogP contribution in [-0.2, 0) is 14.3 Å². The third-order valence-corrected chi connectivity index (χ3v) is 12.6. The third-order valence-electron chi connectivity index (χ3n) is 12.6. The number of oxime groups is 1. The fourth-order valence-electron chi connectivity index (χ4n) is 9.52. The number of nitrogens with zero attached hydrogens (tertiary/aromatic N) is 3. The SMILES string of the molecule is C=CCO[C@@]12Oc3ccc(OCCN4CC4)cc3[C@H]3[C@H](CCCCO)[C@@H](CCCCO)C=C(C(=NOCC)C[C@@H]1N(C)C(=O)OCCCCCCCCCCCC)[C@H]32. The topological polar surface area (TPSA) is 122 Å². The average Bonchev–Trinajstić information content (AvgIpc) is 4.07. The second-order valence-electron chi connectivity index (χ2n) is 16.8. The van der Waals surface area contributed by atoms with E-state index in [-0.39, 0.29) is 43.5 Å². The molecular formula is C47H75N3O8. The molecule has 0 unspecified atom stereocenters. The Labute approximate surface area is 349 Å². The summed E-state index contributed by atoms with van der Waals surface area (Å²) in [5, 5.41) is 24.4. The Kier molecular flexibility index (Phi) is 19.2. The molecule has 2 fully saturated rings. The molecule has 0 spiro atoms. The number of aliphatic hydroxyl groups excluding tert-OH is 2. The molecule has 0 aromatic heterocycles. The van der Waals surface area contributed by atoms with E-state index < -0.39 is 17.9 Å². The van der Waals surface area contributed by atoms with E-state index in [4.69, 9.17) is 28.9 Å². The normalized spacial score (nSPS) is 25.3. The zero-order valence-corrected chi connectivity index (χ0v) is 36.1. The summed E-state index contributed by atoms with van der Waals surface area (Å²) >= 11 is 0. The number of hydrogen-bond acceptors (Lipinski definition) is 10. The molecule has 0 bridgehead atoms. The maximum absolute atomic E-state index is 14.1. The summed E-state index contributed by atoms with van der Waals surface area (Å²) in [5.41, 5.74) is 2.87. The molecule has 2 aliphatic carbocycles. The van der Waals surface area contributed by atoms with Crippen LogP contribution in [0.5, 0.6) is 11.5 Å². The fraction of sp³-hybridized carbons (Fsp3) is 0.745. The summed E-state index contributed by atoms with van der Waals surface area (Å²) in [6, 6.07) is 5.54. The highest BCUT2D eigenvalue weighted by Crippen LogP contribution is 2.61. The van der Waals surface area contributed by atoms with Crippen LogP contribution in [0.1, 0.15) is 134 Å². The molecular weight excluding hydrogens is 735 g/mol. The number of amides is 1. The molecule has 2 aliphatic heterocycles. The van der Waals surface area contributed by atoms with E-state index in [1.54, 1.807) is 18.0 Å². The number of aliphatic hydroxyl groups is 2. The molecule has 5 rings (SSSR count). The standard InChI is InChI=1S/C47H75N3O8/c1-5-8-9-10-11-12-13-14-15-20-31-55-46(53)49(4)43-35-41(48-57-7-3)39-33-36(21-16-18-28-51)38(22-17-19-29-52)44-40-34-37(54-32-27-50-25-26-50)23-24-42(40)58-47(43,45(39)44)56-30-6-2/h6,23-24,33-34,36,38,43-45,51-52H,2,5,7-22,25-32,35H2,1,3-4H3/t36-,38+,43-,44+,45+,47+/m0/s1. The monoisotopic (exact) mass is 810 g/mol. The highest BCUT2D eigenvalue weighted by molar-refractivity contribution is 6.02. The van der Waals surface area contributed by atoms with Gasteiger partial charge in [0, 0.05) is 57.8 Å². The molecule has 6 atom stereocenters. The Hall–Kier alpha value is -3.12. The van der Waals surface area contributed by atoms with Gasteiger partial charge in [-0.3, -0.25) is 4.90 Å². The van der Waals surface area contributed by atoms with Crippen molar-refractivity contribution in [2.24, 2.45) is 22.9 Å². The van der Waals surface area contributed by atoms with Crippen LogP contribution in [0.2, 0.25) is 0 Å². The van der Waals surface area contributed by atoms with E-state index >= 15 is 0 Å². The van der Waals surface area contributed by atoms with Crippen molar-refractivity contribution in [3.05, 3.63) is 48.1 Å². The number of hydrogen-bond donors (Lipinski definition) is 2. The Balaban J connectivity index is 1.47. The molecule has 11 heteroatoms. The van der Waals surface area contributed by atoms with Gasteiger partial charge < -0.3 is 38.9 Å². The molecule has 58 heavy (non-hydrogen) atoms. The lowest BCUT2D eigenvalue weighted by molar-refractivity contribution is -0.253. The van der Waals surface area contributed by atoms with Gasteiger partial charge in [0.15, 0.2) is 0 Å². The predicted octanol–water partition coefficient (Wildman–Crippen LogP) is 9.02. The zero-order chi connectivity index (χ0) is 41.2. The molecule has 2 N–H and O–H groups in total. The highest BCUT2D eigenvalue weighted by atomic mass is 16.7. The molecule has 1 saturated carbocycles. The van der Waals surface area contributed by atoms with E-state index in [1.807, 2.05) is 19.1 Å². The van der Waals surface area contributed by atoms with Gasteiger partial charge in [0.25, 0.3) is 0 Å². The van der Waals surface area contributed by atoms with Crippen LogP contribution in [0.25, 0.3) is 0 Å². The van der Waals surface area contributed by atoms with Crippen LogP contribution in [0.3, 0.4) is 0 Å². The van der Waals surface area contributed by atoms with Gasteiger partial charge in [-0.2, -0.15) is 0 Å². The van der Waals surface area contributed by atoms with Gasteiger partial charge in [0.05, 0.1) is 24.8 Å². The summed E-state index contributed by atoms with van der Waals surface area (Å²) in [7, 11) is 1.79. The molecule has 11 nitrogen and oxygen atoms in total. The largest absolute Gasteiger partial charge is 0.492 e. The predicted molar refractivity (Wildman–Crippen MR) is 229 cm³/mol. The number of benzene rings is 1. The molecule has 4 aliphatic rings. The average molecular weight is 810 g/mol. The number of carbonyl (C=O) groups excluding carboxylic acids is 1. The van der Waals surface area contributed by atoms with E-state index in [0.29, 0.717) is 38.4 Å². The summed E-state index contributed by atoms with van der Waals surface area (Å²) < 4.78 is 26.5. The van der Waals surface area contributed by atoms with Crippen LogP contribution in [0, 0.1) is 17.8 Å². The van der Waals surface area contributed by atoms with E-state index in [9.17, 15) is 15.0 Å². The van der Waals surface area contributed by atoms with Crippen LogP contribution >= 0.6 is 0 Å². The van der Waals surface area contributed by atoms with Crippen molar-refractivity contribution in [3.63, 3.8) is 0 Å². The van der Waals surface area contributed by atoms with Crippen LogP contribution in [0.4, 0.5) is 4.79 Å². The first-order chi connectivity index (χ1) is 28.4. The maximum atomic E-state index is 14.1. The number of allylic oxidation sites excluding steroid dienone is 1. The smallest absolute Gasteiger partial charge is 0.409 e. The first-order valence-electron chi connectivity index (χ1n) is 22.9. The fourth-order valence-corrected chi connectivity index (χ4v) is 9.52. The summed E-state index contributed by atoms with van der Waals surface area (Å²) in [4.78, 5) is 23.9. The van der Waals surface area contributed by atoms with Gasteiger partial charge in [-0.05, 0) is 74.6 Å². The molecule has 326 valence electrons. The van der Waals surface area contributed by atoms with Crippen molar-refractivity contribution >= 4 is 11.8 Å². The van der Waals surface area contributed by atoms with Crippen molar-refractivity contribution in [1.29, 1.82) is 0 Å². The molecule has 1 amide bonds. The van der Waals surface area contributed by atoms with Crippen molar-refractivity contribution < 1.29 is 38.8 Å². The van der Waals surface area contributed by atoms with Gasteiger partial charge in [0.2, 0.25) is 5.79 Å². The molecule has 1 aromatic rings. The number of carbonyl (C=O) groups is 1. The van der Waals surface area contributed by atoms with Crippen molar-refractivity contribution in [2.45, 2.75) is 141 Å². The quantitative estimate of drug-likeness (QED) is 0.0354. The number of rotatable bonds is 29. The van der Waals surface area contributed by atoms with Crippen LogP contribution in [0.15, 0.2) is 47.7 Å².